The number of hydrogen-bond donors (Lipinski definition) is 1. The molecule has 0 saturated carbocycles. The lowest BCUT2D eigenvalue weighted by Gasteiger charge is -2.33. The van der Waals surface area contributed by atoms with Gasteiger partial charge in [0.25, 0.3) is 0 Å². The van der Waals surface area contributed by atoms with Crippen LogP contribution in [0.25, 0.3) is 0 Å². The molecule has 1 aromatic carbocycles. The minimum Gasteiger partial charge on any atom is -0.442 e. The Balaban J connectivity index is 2.24. The van der Waals surface area contributed by atoms with Crippen LogP contribution in [0.4, 0.5) is 4.79 Å². The Bertz CT molecular complexity index is 435. The minimum absolute atomic E-state index is 0.279. The van der Waals surface area contributed by atoms with Crippen molar-refractivity contribution in [2.75, 3.05) is 7.05 Å². The highest BCUT2D eigenvalue weighted by molar-refractivity contribution is 5.72. The number of ether oxygens (including phenoxy) is 1. The average molecular weight is 262 g/mol. The number of benzene rings is 1. The quantitative estimate of drug-likeness (QED) is 0.830. The zero-order chi connectivity index (χ0) is 13.9. The highest BCUT2D eigenvalue weighted by Crippen LogP contribution is 2.36. The van der Waals surface area contributed by atoms with E-state index in [-0.39, 0.29) is 12.2 Å². The van der Waals surface area contributed by atoms with Gasteiger partial charge in [-0.1, -0.05) is 50.1 Å². The second-order valence-electron chi connectivity index (χ2n) is 5.12. The Morgan fingerprint density at radius 2 is 2.00 bits per heavy atom. The van der Waals surface area contributed by atoms with Crippen LogP contribution < -0.4 is 5.73 Å². The van der Waals surface area contributed by atoms with Crippen molar-refractivity contribution in [1.29, 1.82) is 0 Å². The number of rotatable bonds is 5. The molecule has 1 aromatic rings. The summed E-state index contributed by atoms with van der Waals surface area (Å²) < 4.78 is 5.45. The van der Waals surface area contributed by atoms with Gasteiger partial charge in [-0.2, -0.15) is 0 Å². The highest BCUT2D eigenvalue weighted by Gasteiger charge is 2.51. The lowest BCUT2D eigenvalue weighted by atomic mass is 9.90. The zero-order valence-electron chi connectivity index (χ0n) is 11.6. The van der Waals surface area contributed by atoms with E-state index in [1.807, 2.05) is 30.3 Å². The fraction of sp³-hybridized carbons (Fsp3) is 0.533. The summed E-state index contributed by atoms with van der Waals surface area (Å²) in [5.41, 5.74) is 6.59. The maximum absolute atomic E-state index is 11.8. The van der Waals surface area contributed by atoms with Crippen LogP contribution in [0.5, 0.6) is 0 Å². The van der Waals surface area contributed by atoms with Crippen molar-refractivity contribution < 1.29 is 9.53 Å². The molecule has 2 N–H and O–H groups in total. The number of nitrogens with zero attached hydrogens (tertiary/aromatic N) is 1. The molecule has 1 aliphatic rings. The third-order valence-corrected chi connectivity index (χ3v) is 3.87. The van der Waals surface area contributed by atoms with Crippen molar-refractivity contribution in [3.8, 4) is 0 Å². The summed E-state index contributed by atoms with van der Waals surface area (Å²) in [6, 6.07) is 9.71. The third kappa shape index (κ3) is 2.45. The van der Waals surface area contributed by atoms with Crippen LogP contribution in [0, 0.1) is 0 Å². The lowest BCUT2D eigenvalue weighted by Crippen LogP contribution is -2.54. The predicted molar refractivity (Wildman–Crippen MR) is 74.5 cm³/mol. The molecule has 0 spiro atoms. The third-order valence-electron chi connectivity index (χ3n) is 3.87. The minimum atomic E-state index is -0.855. The van der Waals surface area contributed by atoms with Crippen LogP contribution in [0.3, 0.4) is 0 Å². The first-order valence-corrected chi connectivity index (χ1v) is 6.89. The molecule has 19 heavy (non-hydrogen) atoms. The second-order valence-corrected chi connectivity index (χ2v) is 5.12. The maximum Gasteiger partial charge on any atom is 0.411 e. The van der Waals surface area contributed by atoms with Gasteiger partial charge in [-0.05, 0) is 18.4 Å². The van der Waals surface area contributed by atoms with Crippen LogP contribution in [0.1, 0.15) is 38.2 Å². The van der Waals surface area contributed by atoms with Gasteiger partial charge in [0.05, 0.1) is 0 Å². The van der Waals surface area contributed by atoms with Gasteiger partial charge in [-0.3, -0.25) is 4.90 Å². The molecule has 2 atom stereocenters. The van der Waals surface area contributed by atoms with E-state index < -0.39 is 5.66 Å². The van der Waals surface area contributed by atoms with Crippen LogP contribution in [0.15, 0.2) is 30.3 Å². The molecule has 0 bridgehead atoms. The summed E-state index contributed by atoms with van der Waals surface area (Å²) in [4.78, 5) is 13.3. The zero-order valence-corrected chi connectivity index (χ0v) is 11.6. The molecule has 0 aromatic heterocycles. The molecule has 4 nitrogen and oxygen atoms in total. The monoisotopic (exact) mass is 262 g/mol. The number of nitrogens with two attached hydrogens (primary N) is 1. The molecule has 1 aliphatic heterocycles. The summed E-state index contributed by atoms with van der Waals surface area (Å²) in [5, 5.41) is 0. The van der Waals surface area contributed by atoms with Crippen molar-refractivity contribution in [2.45, 2.75) is 44.4 Å². The second kappa shape index (κ2) is 5.61. The molecular weight excluding hydrogens is 240 g/mol. The van der Waals surface area contributed by atoms with Gasteiger partial charge in [0.1, 0.15) is 6.10 Å². The first-order valence-electron chi connectivity index (χ1n) is 6.89. The molecule has 2 unspecified atom stereocenters. The van der Waals surface area contributed by atoms with E-state index in [0.717, 1.165) is 31.2 Å². The molecule has 1 amide bonds. The Morgan fingerprint density at radius 1 is 1.32 bits per heavy atom. The average Bonchev–Trinajstić information content (AvgIpc) is 2.66. The normalized spacial score (nSPS) is 26.6. The number of carbonyl (C=O) groups excluding carboxylic acids is 1. The Kier molecular flexibility index (Phi) is 4.10. The Labute approximate surface area is 114 Å². The summed E-state index contributed by atoms with van der Waals surface area (Å²) in [6.45, 7) is 2.15. The van der Waals surface area contributed by atoms with Gasteiger partial charge in [0.15, 0.2) is 5.66 Å². The standard InChI is InChI=1S/C15H22N2O2/c1-3-4-6-11-13-15(16,17(2)14(18)19-13)12-9-7-5-8-10-12/h5,7-10,13H,3-4,6,11,16H2,1-2H3. The van der Waals surface area contributed by atoms with E-state index in [1.165, 1.54) is 4.90 Å². The van der Waals surface area contributed by atoms with Crippen LogP contribution in [-0.4, -0.2) is 24.1 Å². The Morgan fingerprint density at radius 3 is 2.63 bits per heavy atom. The van der Waals surface area contributed by atoms with Gasteiger partial charge in [-0.15, -0.1) is 0 Å². The van der Waals surface area contributed by atoms with Gasteiger partial charge in [-0.25, -0.2) is 4.79 Å². The highest BCUT2D eigenvalue weighted by atomic mass is 16.6. The molecule has 2 rings (SSSR count). The van der Waals surface area contributed by atoms with E-state index >= 15 is 0 Å². The predicted octanol–water partition coefficient (Wildman–Crippen LogP) is 2.83. The van der Waals surface area contributed by atoms with Gasteiger partial charge in [0.2, 0.25) is 0 Å². The molecular formula is C15H22N2O2. The maximum atomic E-state index is 11.8. The number of hydrogen-bond acceptors (Lipinski definition) is 3. The van der Waals surface area contributed by atoms with Gasteiger partial charge in [0, 0.05) is 7.05 Å². The van der Waals surface area contributed by atoms with Crippen LogP contribution in [0.2, 0.25) is 0 Å². The molecule has 4 heteroatoms. The van der Waals surface area contributed by atoms with E-state index in [1.54, 1.807) is 7.05 Å². The summed E-state index contributed by atoms with van der Waals surface area (Å²) >= 11 is 0. The van der Waals surface area contributed by atoms with E-state index in [2.05, 4.69) is 6.92 Å². The lowest BCUT2D eigenvalue weighted by molar-refractivity contribution is 0.0914. The molecule has 104 valence electrons. The largest absolute Gasteiger partial charge is 0.442 e. The first kappa shape index (κ1) is 13.9. The summed E-state index contributed by atoms with van der Waals surface area (Å²) in [6.07, 6.45) is 3.47. The van der Waals surface area contributed by atoms with Crippen molar-refractivity contribution in [2.24, 2.45) is 5.73 Å². The van der Waals surface area contributed by atoms with Gasteiger partial charge < -0.3 is 10.5 Å². The number of unbranched alkanes of at least 4 members (excludes halogenated alkanes) is 2. The van der Waals surface area contributed by atoms with E-state index in [4.69, 9.17) is 10.5 Å². The van der Waals surface area contributed by atoms with Crippen LogP contribution >= 0.6 is 0 Å². The van der Waals surface area contributed by atoms with Crippen molar-refractivity contribution in [3.63, 3.8) is 0 Å². The topological polar surface area (TPSA) is 55.6 Å². The molecule has 1 fully saturated rings. The Hall–Kier alpha value is -1.55. The molecule has 1 heterocycles. The molecule has 0 aliphatic carbocycles. The molecule has 1 saturated heterocycles. The van der Waals surface area contributed by atoms with Crippen molar-refractivity contribution >= 4 is 6.09 Å². The van der Waals surface area contributed by atoms with Crippen molar-refractivity contribution in [3.05, 3.63) is 35.9 Å². The smallest absolute Gasteiger partial charge is 0.411 e. The van der Waals surface area contributed by atoms with Crippen LogP contribution in [-0.2, 0) is 10.4 Å². The number of cyclic esters (lactones) is 1. The summed E-state index contributed by atoms with van der Waals surface area (Å²) in [5.74, 6) is 0. The first-order chi connectivity index (χ1) is 9.10. The van der Waals surface area contributed by atoms with Crippen molar-refractivity contribution in [1.82, 2.24) is 4.90 Å². The summed E-state index contributed by atoms with van der Waals surface area (Å²) in [7, 11) is 1.70. The number of carbonyl (C=O) groups is 1. The fourth-order valence-corrected chi connectivity index (χ4v) is 2.60. The molecule has 0 radical (unpaired) electrons. The number of amides is 1. The SMILES string of the molecule is CCCCCC1OC(=O)N(C)C1(N)c1ccccc1. The van der Waals surface area contributed by atoms with Gasteiger partial charge >= 0.3 is 6.09 Å². The van der Waals surface area contributed by atoms with E-state index in [0.29, 0.717) is 0 Å². The number of likely N-dealkylation sites (N-methyl/N-ethyl adjacent to an activating group) is 1. The van der Waals surface area contributed by atoms with E-state index in [9.17, 15) is 4.79 Å². The fourth-order valence-electron chi connectivity index (χ4n) is 2.60.